The summed E-state index contributed by atoms with van der Waals surface area (Å²) < 4.78 is 0. The Hall–Kier alpha value is -3.34. The first-order valence-corrected chi connectivity index (χ1v) is 8.29. The van der Waals surface area contributed by atoms with Gasteiger partial charge in [0.1, 0.15) is 0 Å². The monoisotopic (exact) mass is 327 g/mol. The molecule has 2 aliphatic rings. The Balaban J connectivity index is 1.86. The number of H-pyrrole nitrogens is 2. The van der Waals surface area contributed by atoms with Crippen molar-refractivity contribution < 1.29 is 9.59 Å². The summed E-state index contributed by atoms with van der Waals surface area (Å²) in [5, 5.41) is 4.56. The number of para-hydroxylation sites is 1. The number of fused-ring (bicyclic) bond motifs is 7. The average molecular weight is 327 g/mol. The highest BCUT2D eigenvalue weighted by Crippen LogP contribution is 2.51. The highest BCUT2D eigenvalue weighted by atomic mass is 16.2. The molecule has 5 nitrogen and oxygen atoms in total. The number of imide groups is 1. The second kappa shape index (κ2) is 4.19. The predicted molar refractivity (Wildman–Crippen MR) is 94.2 cm³/mol. The van der Waals surface area contributed by atoms with Gasteiger partial charge in [0.2, 0.25) is 11.8 Å². The Labute approximate surface area is 142 Å². The predicted octanol–water partition coefficient (Wildman–Crippen LogP) is 3.15. The van der Waals surface area contributed by atoms with Gasteiger partial charge in [-0.25, -0.2) is 0 Å². The van der Waals surface area contributed by atoms with Crippen LogP contribution in [0, 0.1) is 0 Å². The molecule has 3 heterocycles. The van der Waals surface area contributed by atoms with E-state index < -0.39 is 11.8 Å². The number of carbonyl (C=O) groups excluding carboxylic acids is 2. The molecule has 0 unspecified atom stereocenters. The quantitative estimate of drug-likeness (QED) is 0.434. The van der Waals surface area contributed by atoms with Crippen LogP contribution in [0.2, 0.25) is 0 Å². The molecule has 25 heavy (non-hydrogen) atoms. The molecule has 1 saturated heterocycles. The summed E-state index contributed by atoms with van der Waals surface area (Å²) in [7, 11) is 0. The van der Waals surface area contributed by atoms with Crippen LogP contribution >= 0.6 is 0 Å². The van der Waals surface area contributed by atoms with Crippen molar-refractivity contribution in [2.45, 2.75) is 11.8 Å². The van der Waals surface area contributed by atoms with Crippen molar-refractivity contribution in [3.63, 3.8) is 0 Å². The molecule has 0 radical (unpaired) electrons. The topological polar surface area (TPSA) is 77.8 Å². The Bertz CT molecular complexity index is 1230. The molecule has 1 aliphatic heterocycles. The summed E-state index contributed by atoms with van der Waals surface area (Å²) in [6.07, 6.45) is 1.87. The van der Waals surface area contributed by atoms with E-state index in [0.717, 1.165) is 44.2 Å². The highest BCUT2D eigenvalue weighted by Gasteiger charge is 2.48. The number of aromatic nitrogens is 2. The standard InChI is InChI=1S/C20H13N3O2/c24-19-16-11-8-21-13-7-3-5-10(14(11)13)18-15(17(16)20(25)23-19)9-4-1-2-6-12(9)22-18/h1-8,16-17,21-22H,(H,23,24,25)/t16-,17+/m0/s1. The lowest BCUT2D eigenvalue weighted by Crippen LogP contribution is -2.22. The summed E-state index contributed by atoms with van der Waals surface area (Å²) >= 11 is 0. The Morgan fingerprint density at radius 2 is 1.64 bits per heavy atom. The van der Waals surface area contributed by atoms with Gasteiger partial charge < -0.3 is 9.97 Å². The van der Waals surface area contributed by atoms with Gasteiger partial charge in [0.15, 0.2) is 0 Å². The maximum atomic E-state index is 12.7. The van der Waals surface area contributed by atoms with E-state index in [1.54, 1.807) is 0 Å². The molecule has 2 amide bonds. The minimum absolute atomic E-state index is 0.219. The van der Waals surface area contributed by atoms with E-state index in [1.807, 2.05) is 42.6 Å². The third-order valence-corrected chi connectivity index (χ3v) is 5.54. The fraction of sp³-hybridized carbons (Fsp3) is 0.100. The molecular formula is C20H13N3O2. The first-order chi connectivity index (χ1) is 12.2. The number of amides is 2. The maximum Gasteiger partial charge on any atom is 0.235 e. The van der Waals surface area contributed by atoms with Gasteiger partial charge in [-0.1, -0.05) is 30.3 Å². The van der Waals surface area contributed by atoms with E-state index in [4.69, 9.17) is 0 Å². The minimum Gasteiger partial charge on any atom is -0.361 e. The summed E-state index contributed by atoms with van der Waals surface area (Å²) in [5.74, 6) is -1.44. The highest BCUT2D eigenvalue weighted by molar-refractivity contribution is 6.17. The van der Waals surface area contributed by atoms with Gasteiger partial charge in [0, 0.05) is 33.6 Å². The average Bonchev–Trinajstić information content (AvgIpc) is 3.25. The molecule has 0 bridgehead atoms. The lowest BCUT2D eigenvalue weighted by molar-refractivity contribution is -0.125. The molecule has 3 N–H and O–H groups in total. The van der Waals surface area contributed by atoms with Crippen LogP contribution in [0.5, 0.6) is 0 Å². The van der Waals surface area contributed by atoms with Crippen LogP contribution in [-0.2, 0) is 9.59 Å². The van der Waals surface area contributed by atoms with Crippen LogP contribution in [0.25, 0.3) is 33.1 Å². The van der Waals surface area contributed by atoms with Crippen LogP contribution in [0.15, 0.2) is 48.7 Å². The number of hydrogen-bond acceptors (Lipinski definition) is 2. The van der Waals surface area contributed by atoms with E-state index >= 15 is 0 Å². The fourth-order valence-corrected chi connectivity index (χ4v) is 4.56. The van der Waals surface area contributed by atoms with Crippen LogP contribution in [0.3, 0.4) is 0 Å². The smallest absolute Gasteiger partial charge is 0.235 e. The van der Waals surface area contributed by atoms with Crippen molar-refractivity contribution in [2.24, 2.45) is 0 Å². The Kier molecular flexibility index (Phi) is 2.18. The molecule has 1 aliphatic carbocycles. The second-order valence-corrected chi connectivity index (χ2v) is 6.74. The fourth-order valence-electron chi connectivity index (χ4n) is 4.56. The molecule has 6 rings (SSSR count). The molecular weight excluding hydrogens is 314 g/mol. The van der Waals surface area contributed by atoms with Crippen LogP contribution < -0.4 is 5.32 Å². The third kappa shape index (κ3) is 1.44. The lowest BCUT2D eigenvalue weighted by Gasteiger charge is -2.13. The van der Waals surface area contributed by atoms with Crippen LogP contribution in [0.4, 0.5) is 0 Å². The maximum absolute atomic E-state index is 12.7. The normalized spacial score (nSPS) is 21.3. The van der Waals surface area contributed by atoms with Crippen molar-refractivity contribution in [1.29, 1.82) is 0 Å². The number of carbonyl (C=O) groups is 2. The van der Waals surface area contributed by atoms with Crippen molar-refractivity contribution in [3.05, 3.63) is 59.8 Å². The van der Waals surface area contributed by atoms with E-state index in [0.29, 0.717) is 0 Å². The first-order valence-electron chi connectivity index (χ1n) is 8.29. The lowest BCUT2D eigenvalue weighted by atomic mass is 9.84. The van der Waals surface area contributed by atoms with Crippen molar-refractivity contribution in [3.8, 4) is 11.3 Å². The van der Waals surface area contributed by atoms with E-state index in [9.17, 15) is 9.59 Å². The molecule has 0 spiro atoms. The summed E-state index contributed by atoms with van der Waals surface area (Å²) in [5.41, 5.74) is 5.75. The van der Waals surface area contributed by atoms with Crippen LogP contribution in [0.1, 0.15) is 23.0 Å². The molecule has 4 aromatic rings. The SMILES string of the molecule is O=C1NC(=O)[C@H]2c3c[nH]c4cccc(c34)-c3[nH]c4ccccc4c3[C@@H]12. The Morgan fingerprint density at radius 3 is 2.56 bits per heavy atom. The summed E-state index contributed by atoms with van der Waals surface area (Å²) in [6, 6.07) is 14.0. The molecule has 2 aromatic heterocycles. The molecule has 2 aromatic carbocycles. The molecule has 2 atom stereocenters. The number of benzene rings is 2. The van der Waals surface area contributed by atoms with Crippen molar-refractivity contribution in [2.75, 3.05) is 0 Å². The molecule has 5 heteroatoms. The number of nitrogens with one attached hydrogen (secondary N) is 3. The molecule has 1 fully saturated rings. The first kappa shape index (κ1) is 13.0. The number of rotatable bonds is 0. The molecule has 0 saturated carbocycles. The van der Waals surface area contributed by atoms with E-state index in [2.05, 4.69) is 21.4 Å². The zero-order valence-corrected chi connectivity index (χ0v) is 13.1. The van der Waals surface area contributed by atoms with Crippen LogP contribution in [-0.4, -0.2) is 21.8 Å². The van der Waals surface area contributed by atoms with Gasteiger partial charge in [-0.3, -0.25) is 14.9 Å². The largest absolute Gasteiger partial charge is 0.361 e. The minimum atomic E-state index is -0.509. The number of aromatic amines is 2. The van der Waals surface area contributed by atoms with Gasteiger partial charge in [-0.05, 0) is 23.3 Å². The van der Waals surface area contributed by atoms with Gasteiger partial charge in [-0.15, -0.1) is 0 Å². The van der Waals surface area contributed by atoms with E-state index in [1.165, 1.54) is 0 Å². The van der Waals surface area contributed by atoms with Gasteiger partial charge >= 0.3 is 0 Å². The second-order valence-electron chi connectivity index (χ2n) is 6.74. The van der Waals surface area contributed by atoms with Gasteiger partial charge in [-0.2, -0.15) is 0 Å². The van der Waals surface area contributed by atoms with E-state index in [-0.39, 0.29) is 11.8 Å². The molecule has 120 valence electrons. The third-order valence-electron chi connectivity index (χ3n) is 5.54. The zero-order chi connectivity index (χ0) is 16.7. The Morgan fingerprint density at radius 1 is 0.840 bits per heavy atom. The van der Waals surface area contributed by atoms with Gasteiger partial charge in [0.05, 0.1) is 17.5 Å². The van der Waals surface area contributed by atoms with Crippen molar-refractivity contribution >= 4 is 33.6 Å². The summed E-state index contributed by atoms with van der Waals surface area (Å²) in [4.78, 5) is 32.1. The number of hydrogen-bond donors (Lipinski definition) is 3. The van der Waals surface area contributed by atoms with Crippen molar-refractivity contribution in [1.82, 2.24) is 15.3 Å². The van der Waals surface area contributed by atoms with Gasteiger partial charge in [0.25, 0.3) is 0 Å². The zero-order valence-electron chi connectivity index (χ0n) is 13.1. The summed E-state index contributed by atoms with van der Waals surface area (Å²) in [6.45, 7) is 0.